The minimum atomic E-state index is -0.0787. The minimum Gasteiger partial charge on any atom is -0.301 e. The molecule has 3 nitrogen and oxygen atoms in total. The van der Waals surface area contributed by atoms with Gasteiger partial charge in [-0.15, -0.1) is 22.7 Å². The lowest BCUT2D eigenvalue weighted by molar-refractivity contribution is 0.351. The van der Waals surface area contributed by atoms with Crippen LogP contribution in [0.25, 0.3) is 0 Å². The van der Waals surface area contributed by atoms with Gasteiger partial charge in [0.25, 0.3) is 0 Å². The van der Waals surface area contributed by atoms with Crippen molar-refractivity contribution in [1.82, 2.24) is 15.3 Å². The highest BCUT2D eigenvalue weighted by Gasteiger charge is 2.26. The molecule has 1 atom stereocenters. The monoisotopic (exact) mass is 287 g/mol. The van der Waals surface area contributed by atoms with Gasteiger partial charge in [-0.25, -0.2) is 9.97 Å². The molecule has 0 saturated heterocycles. The minimum absolute atomic E-state index is 0.0787. The molecule has 0 spiro atoms. The van der Waals surface area contributed by atoms with Crippen molar-refractivity contribution in [3.63, 3.8) is 0 Å². The Morgan fingerprint density at radius 1 is 1.47 bits per heavy atom. The largest absolute Gasteiger partial charge is 0.301 e. The maximum Gasteiger partial charge on any atom is 0.183 e. The van der Waals surface area contributed by atoms with Crippen LogP contribution in [0.3, 0.4) is 0 Å². The van der Waals surface area contributed by atoms with Crippen LogP contribution in [0.4, 0.5) is 0 Å². The molecule has 1 unspecified atom stereocenters. The molecule has 0 aliphatic rings. The molecule has 0 aromatic carbocycles. The average molecular weight is 288 g/mol. The highest BCUT2D eigenvalue weighted by molar-refractivity contribution is 7.15. The summed E-state index contributed by atoms with van der Waals surface area (Å²) in [6.45, 7) is 5.11. The summed E-state index contributed by atoms with van der Waals surface area (Å²) in [6.07, 6.45) is 4.66. The number of hydrogen-bond acceptors (Lipinski definition) is 5. The highest BCUT2D eigenvalue weighted by Crippen LogP contribution is 2.27. The van der Waals surface area contributed by atoms with Gasteiger partial charge in [-0.1, -0.05) is 18.5 Å². The fraction of sp³-hybridized carbons (Fsp3) is 0.455. The number of hydrogen-bond donors (Lipinski definition) is 1. The lowest BCUT2D eigenvalue weighted by Crippen LogP contribution is -2.38. The van der Waals surface area contributed by atoms with E-state index >= 15 is 0 Å². The SMILES string of the molecule is CCC(C)(NCc1cnc(Cl)s1)c1nccs1. The molecule has 6 heteroatoms. The Morgan fingerprint density at radius 3 is 2.82 bits per heavy atom. The smallest absolute Gasteiger partial charge is 0.183 e. The van der Waals surface area contributed by atoms with E-state index in [2.05, 4.69) is 29.1 Å². The number of nitrogens with one attached hydrogen (secondary N) is 1. The Hall–Kier alpha value is -0.490. The molecule has 0 amide bonds. The molecule has 0 bridgehead atoms. The Morgan fingerprint density at radius 2 is 2.29 bits per heavy atom. The van der Waals surface area contributed by atoms with Gasteiger partial charge in [0, 0.05) is 29.2 Å². The normalized spacial score (nSPS) is 14.8. The van der Waals surface area contributed by atoms with Crippen molar-refractivity contribution >= 4 is 34.3 Å². The van der Waals surface area contributed by atoms with Crippen LogP contribution in [-0.2, 0) is 12.1 Å². The van der Waals surface area contributed by atoms with E-state index in [9.17, 15) is 0 Å². The van der Waals surface area contributed by atoms with Gasteiger partial charge in [-0.3, -0.25) is 0 Å². The van der Waals surface area contributed by atoms with Crippen molar-refractivity contribution in [2.24, 2.45) is 0 Å². The maximum absolute atomic E-state index is 5.81. The number of aromatic nitrogens is 2. The zero-order valence-electron chi connectivity index (χ0n) is 9.74. The molecular formula is C11H14ClN3S2. The van der Waals surface area contributed by atoms with Crippen LogP contribution >= 0.6 is 34.3 Å². The quantitative estimate of drug-likeness (QED) is 0.912. The van der Waals surface area contributed by atoms with E-state index in [4.69, 9.17) is 11.6 Å². The maximum atomic E-state index is 5.81. The van der Waals surface area contributed by atoms with Crippen LogP contribution in [-0.4, -0.2) is 9.97 Å². The van der Waals surface area contributed by atoms with Crippen LogP contribution in [0.2, 0.25) is 4.47 Å². The number of thiazole rings is 2. The molecule has 0 fully saturated rings. The lowest BCUT2D eigenvalue weighted by atomic mass is 10.00. The van der Waals surface area contributed by atoms with Crippen molar-refractivity contribution in [1.29, 1.82) is 0 Å². The van der Waals surface area contributed by atoms with Gasteiger partial charge in [0.1, 0.15) is 5.01 Å². The van der Waals surface area contributed by atoms with E-state index in [0.717, 1.165) is 22.9 Å². The molecule has 2 aromatic rings. The Kier molecular flexibility index (Phi) is 4.14. The summed E-state index contributed by atoms with van der Waals surface area (Å²) in [5.74, 6) is 0. The van der Waals surface area contributed by atoms with Crippen LogP contribution in [0.15, 0.2) is 17.8 Å². The molecular weight excluding hydrogens is 274 g/mol. The number of rotatable bonds is 5. The second-order valence-corrected chi connectivity index (χ2v) is 6.55. The predicted octanol–water partition coefficient (Wildman–Crippen LogP) is 3.67. The average Bonchev–Trinajstić information content (AvgIpc) is 2.97. The molecule has 92 valence electrons. The highest BCUT2D eigenvalue weighted by atomic mass is 35.5. The second kappa shape index (κ2) is 5.44. The first-order chi connectivity index (χ1) is 8.14. The van der Waals surface area contributed by atoms with Gasteiger partial charge in [-0.05, 0) is 13.3 Å². The van der Waals surface area contributed by atoms with Gasteiger partial charge in [0.15, 0.2) is 4.47 Å². The van der Waals surface area contributed by atoms with Crippen LogP contribution < -0.4 is 5.32 Å². The number of nitrogens with zero attached hydrogens (tertiary/aromatic N) is 2. The third-order valence-corrected chi connectivity index (χ3v) is 4.94. The molecule has 2 heterocycles. The van der Waals surface area contributed by atoms with Crippen LogP contribution in [0.1, 0.15) is 30.2 Å². The first-order valence-corrected chi connectivity index (χ1v) is 7.46. The molecule has 2 aromatic heterocycles. The topological polar surface area (TPSA) is 37.8 Å². The molecule has 0 radical (unpaired) electrons. The van der Waals surface area contributed by atoms with Gasteiger partial charge in [0.2, 0.25) is 0 Å². The standard InChI is InChI=1S/C11H14ClN3S2/c1-3-11(2,9-13-4-5-16-9)15-7-8-6-14-10(12)17-8/h4-6,15H,3,7H2,1-2H3. The van der Waals surface area contributed by atoms with E-state index < -0.39 is 0 Å². The number of halogens is 1. The third-order valence-electron chi connectivity index (χ3n) is 2.79. The molecule has 0 saturated carbocycles. The summed E-state index contributed by atoms with van der Waals surface area (Å²) in [4.78, 5) is 9.58. The Balaban J connectivity index is 2.05. The third kappa shape index (κ3) is 3.04. The summed E-state index contributed by atoms with van der Waals surface area (Å²) in [7, 11) is 0. The fourth-order valence-corrected chi connectivity index (χ4v) is 3.26. The summed E-state index contributed by atoms with van der Waals surface area (Å²) >= 11 is 9.01. The predicted molar refractivity (Wildman–Crippen MR) is 73.7 cm³/mol. The summed E-state index contributed by atoms with van der Waals surface area (Å²) in [6, 6.07) is 0. The van der Waals surface area contributed by atoms with Gasteiger partial charge in [-0.2, -0.15) is 0 Å². The van der Waals surface area contributed by atoms with Crippen LogP contribution in [0, 0.1) is 0 Å². The Labute approximate surface area is 114 Å². The molecule has 2 rings (SSSR count). The van der Waals surface area contributed by atoms with Crippen molar-refractivity contribution in [3.8, 4) is 0 Å². The summed E-state index contributed by atoms with van der Waals surface area (Å²) in [5, 5.41) is 6.67. The van der Waals surface area contributed by atoms with E-state index in [1.807, 2.05) is 17.8 Å². The first kappa shape index (κ1) is 13.0. The van der Waals surface area contributed by atoms with E-state index in [-0.39, 0.29) is 5.54 Å². The zero-order chi connectivity index (χ0) is 12.3. The Bertz CT molecular complexity index is 469. The van der Waals surface area contributed by atoms with Crippen molar-refractivity contribution in [2.75, 3.05) is 0 Å². The van der Waals surface area contributed by atoms with E-state index in [1.165, 1.54) is 11.3 Å². The molecule has 0 aliphatic heterocycles. The molecule has 0 aliphatic carbocycles. The second-order valence-electron chi connectivity index (χ2n) is 3.96. The van der Waals surface area contributed by atoms with Gasteiger partial charge < -0.3 is 5.32 Å². The van der Waals surface area contributed by atoms with E-state index in [0.29, 0.717) is 4.47 Å². The molecule has 17 heavy (non-hydrogen) atoms. The lowest BCUT2D eigenvalue weighted by Gasteiger charge is -2.27. The van der Waals surface area contributed by atoms with Crippen molar-refractivity contribution < 1.29 is 0 Å². The van der Waals surface area contributed by atoms with Crippen molar-refractivity contribution in [3.05, 3.63) is 32.1 Å². The van der Waals surface area contributed by atoms with Gasteiger partial charge in [0.05, 0.1) is 5.54 Å². The zero-order valence-corrected chi connectivity index (χ0v) is 12.1. The summed E-state index contributed by atoms with van der Waals surface area (Å²) in [5.41, 5.74) is -0.0787. The van der Waals surface area contributed by atoms with E-state index in [1.54, 1.807) is 11.3 Å². The summed E-state index contributed by atoms with van der Waals surface area (Å²) < 4.78 is 0.592. The van der Waals surface area contributed by atoms with Crippen molar-refractivity contribution in [2.45, 2.75) is 32.4 Å². The fourth-order valence-electron chi connectivity index (χ4n) is 1.50. The first-order valence-electron chi connectivity index (χ1n) is 5.39. The van der Waals surface area contributed by atoms with Gasteiger partial charge >= 0.3 is 0 Å². The molecule has 1 N–H and O–H groups in total. The van der Waals surface area contributed by atoms with Crippen LogP contribution in [0.5, 0.6) is 0 Å².